The molecule has 0 saturated heterocycles. The molecule has 2 heterocycles. The summed E-state index contributed by atoms with van der Waals surface area (Å²) in [5.41, 5.74) is 5.87. The van der Waals surface area contributed by atoms with E-state index < -0.39 is 5.97 Å². The van der Waals surface area contributed by atoms with Crippen LogP contribution in [0.4, 0.5) is 5.69 Å². The van der Waals surface area contributed by atoms with Crippen LogP contribution in [-0.2, 0) is 0 Å². The van der Waals surface area contributed by atoms with Crippen molar-refractivity contribution in [1.29, 1.82) is 0 Å². The minimum absolute atomic E-state index is 0.0696. The predicted molar refractivity (Wildman–Crippen MR) is 59.6 cm³/mol. The quantitative estimate of drug-likeness (QED) is 0.852. The van der Waals surface area contributed by atoms with Crippen LogP contribution in [-0.4, -0.2) is 25.4 Å². The Morgan fingerprint density at radius 1 is 1.50 bits per heavy atom. The molecule has 2 aromatic rings. The zero-order valence-corrected chi connectivity index (χ0v) is 9.46. The number of nitrogen functional groups attached to an aromatic ring is 1. The van der Waals surface area contributed by atoms with E-state index in [9.17, 15) is 4.79 Å². The molecule has 0 amide bonds. The van der Waals surface area contributed by atoms with Crippen molar-refractivity contribution in [2.24, 2.45) is 0 Å². The number of nitrogens with zero attached hydrogens (tertiary/aromatic N) is 3. The first-order valence-electron chi connectivity index (χ1n) is 4.10. The standard InChI is InChI=1S/C8H6N4O2S2/c9-4-1-5(7(13)14)6(10-2-4)15-8-11-3-12-16-8/h1-3H,9H2,(H,13,14). The van der Waals surface area contributed by atoms with E-state index in [0.717, 1.165) is 11.8 Å². The van der Waals surface area contributed by atoms with Crippen LogP contribution >= 0.6 is 23.3 Å². The summed E-state index contributed by atoms with van der Waals surface area (Å²) in [5.74, 6) is -1.06. The number of hydrogen-bond donors (Lipinski definition) is 2. The summed E-state index contributed by atoms with van der Waals surface area (Å²) in [6, 6.07) is 1.37. The molecule has 16 heavy (non-hydrogen) atoms. The topological polar surface area (TPSA) is 102 Å². The third kappa shape index (κ3) is 2.28. The van der Waals surface area contributed by atoms with E-state index in [0.29, 0.717) is 15.1 Å². The van der Waals surface area contributed by atoms with E-state index in [4.69, 9.17) is 10.8 Å². The van der Waals surface area contributed by atoms with E-state index in [1.807, 2.05) is 0 Å². The molecule has 0 aliphatic heterocycles. The highest BCUT2D eigenvalue weighted by Gasteiger charge is 2.14. The molecule has 0 fully saturated rings. The monoisotopic (exact) mass is 254 g/mol. The molecule has 0 radical (unpaired) electrons. The molecule has 0 aliphatic rings. The first kappa shape index (κ1) is 10.8. The van der Waals surface area contributed by atoms with Gasteiger partial charge in [0.1, 0.15) is 11.4 Å². The van der Waals surface area contributed by atoms with Crippen molar-refractivity contribution < 1.29 is 9.90 Å². The maximum absolute atomic E-state index is 11.0. The number of aromatic nitrogens is 3. The molecule has 0 saturated carbocycles. The molecular weight excluding hydrogens is 248 g/mol. The fraction of sp³-hybridized carbons (Fsp3) is 0. The number of pyridine rings is 1. The zero-order valence-electron chi connectivity index (χ0n) is 7.82. The summed E-state index contributed by atoms with van der Waals surface area (Å²) < 4.78 is 4.46. The van der Waals surface area contributed by atoms with Gasteiger partial charge in [0, 0.05) is 0 Å². The Hall–Kier alpha value is -1.67. The number of hydrogen-bond acceptors (Lipinski definition) is 7. The highest BCUT2D eigenvalue weighted by atomic mass is 32.2. The summed E-state index contributed by atoms with van der Waals surface area (Å²) in [6.45, 7) is 0. The Morgan fingerprint density at radius 3 is 2.94 bits per heavy atom. The van der Waals surface area contributed by atoms with Gasteiger partial charge in [-0.25, -0.2) is 14.8 Å². The highest BCUT2D eigenvalue weighted by molar-refractivity contribution is 8.01. The van der Waals surface area contributed by atoms with Crippen molar-refractivity contribution in [2.75, 3.05) is 5.73 Å². The van der Waals surface area contributed by atoms with Gasteiger partial charge in [0.05, 0.1) is 17.4 Å². The molecule has 0 bridgehead atoms. The van der Waals surface area contributed by atoms with Crippen LogP contribution in [0.1, 0.15) is 10.4 Å². The molecule has 0 aliphatic carbocycles. The van der Waals surface area contributed by atoms with E-state index >= 15 is 0 Å². The Labute approximate surface area is 98.7 Å². The smallest absolute Gasteiger partial charge is 0.338 e. The van der Waals surface area contributed by atoms with Crippen molar-refractivity contribution in [3.8, 4) is 0 Å². The van der Waals surface area contributed by atoms with Crippen LogP contribution in [0.2, 0.25) is 0 Å². The Kier molecular flexibility index (Phi) is 3.02. The van der Waals surface area contributed by atoms with Gasteiger partial charge in [-0.15, -0.1) is 0 Å². The van der Waals surface area contributed by atoms with Crippen LogP contribution in [0.3, 0.4) is 0 Å². The van der Waals surface area contributed by atoms with Crippen LogP contribution in [0, 0.1) is 0 Å². The average molecular weight is 254 g/mol. The molecule has 0 atom stereocenters. The molecule has 0 aromatic carbocycles. The van der Waals surface area contributed by atoms with Gasteiger partial charge in [0.2, 0.25) is 0 Å². The second kappa shape index (κ2) is 4.45. The second-order valence-corrected chi connectivity index (χ2v) is 4.75. The van der Waals surface area contributed by atoms with Crippen molar-refractivity contribution in [3.63, 3.8) is 0 Å². The molecule has 0 spiro atoms. The van der Waals surface area contributed by atoms with E-state index in [-0.39, 0.29) is 5.56 Å². The minimum atomic E-state index is -1.06. The van der Waals surface area contributed by atoms with Crippen molar-refractivity contribution in [2.45, 2.75) is 9.37 Å². The summed E-state index contributed by atoms with van der Waals surface area (Å²) in [5, 5.41) is 9.34. The number of nitrogens with two attached hydrogens (primary N) is 1. The molecule has 2 aromatic heterocycles. The first-order valence-corrected chi connectivity index (χ1v) is 5.69. The number of anilines is 1. The minimum Gasteiger partial charge on any atom is -0.478 e. The largest absolute Gasteiger partial charge is 0.478 e. The van der Waals surface area contributed by atoms with Crippen molar-refractivity contribution >= 4 is 35.0 Å². The van der Waals surface area contributed by atoms with Crippen LogP contribution in [0.15, 0.2) is 28.0 Å². The SMILES string of the molecule is Nc1cnc(Sc2ncns2)c(C(=O)O)c1. The Bertz CT molecular complexity index is 515. The van der Waals surface area contributed by atoms with Crippen LogP contribution < -0.4 is 5.73 Å². The number of carboxylic acid groups (broad SMARTS) is 1. The predicted octanol–water partition coefficient (Wildman–Crippen LogP) is 1.36. The average Bonchev–Trinajstić information content (AvgIpc) is 2.73. The van der Waals surface area contributed by atoms with Crippen LogP contribution in [0.5, 0.6) is 0 Å². The maximum Gasteiger partial charge on any atom is 0.338 e. The lowest BCUT2D eigenvalue weighted by Crippen LogP contribution is -2.02. The lowest BCUT2D eigenvalue weighted by molar-refractivity contribution is 0.0692. The molecular formula is C8H6N4O2S2. The van der Waals surface area contributed by atoms with Gasteiger partial charge in [-0.3, -0.25) is 0 Å². The van der Waals surface area contributed by atoms with Gasteiger partial charge >= 0.3 is 5.97 Å². The summed E-state index contributed by atoms with van der Waals surface area (Å²) >= 11 is 2.34. The highest BCUT2D eigenvalue weighted by Crippen LogP contribution is 2.29. The van der Waals surface area contributed by atoms with Crippen molar-refractivity contribution in [1.82, 2.24) is 14.3 Å². The van der Waals surface area contributed by atoms with Gasteiger partial charge in [-0.05, 0) is 29.4 Å². The fourth-order valence-electron chi connectivity index (χ4n) is 0.994. The van der Waals surface area contributed by atoms with Gasteiger partial charge in [-0.2, -0.15) is 4.37 Å². The third-order valence-corrected chi connectivity index (χ3v) is 3.36. The van der Waals surface area contributed by atoms with E-state index in [2.05, 4.69) is 14.3 Å². The first-order chi connectivity index (χ1) is 7.66. The molecule has 2 rings (SSSR count). The number of aromatic carboxylic acids is 1. The normalized spacial score (nSPS) is 10.2. The maximum atomic E-state index is 11.0. The van der Waals surface area contributed by atoms with Gasteiger partial charge < -0.3 is 10.8 Å². The number of carbonyl (C=O) groups is 1. The Balaban J connectivity index is 2.36. The Morgan fingerprint density at radius 2 is 2.31 bits per heavy atom. The number of carboxylic acids is 1. The fourth-order valence-corrected chi connectivity index (χ4v) is 2.41. The second-order valence-electron chi connectivity index (χ2n) is 2.74. The third-order valence-electron chi connectivity index (χ3n) is 1.63. The van der Waals surface area contributed by atoms with Gasteiger partial charge in [-0.1, -0.05) is 0 Å². The molecule has 82 valence electrons. The lowest BCUT2D eigenvalue weighted by atomic mass is 10.3. The molecule has 3 N–H and O–H groups in total. The molecule has 0 unspecified atom stereocenters. The summed E-state index contributed by atoms with van der Waals surface area (Å²) in [6.07, 6.45) is 2.82. The molecule has 8 heteroatoms. The molecule has 6 nitrogen and oxygen atoms in total. The van der Waals surface area contributed by atoms with Gasteiger partial charge in [0.15, 0.2) is 4.34 Å². The van der Waals surface area contributed by atoms with E-state index in [1.165, 1.54) is 30.1 Å². The number of rotatable bonds is 3. The lowest BCUT2D eigenvalue weighted by Gasteiger charge is -2.02. The summed E-state index contributed by atoms with van der Waals surface area (Å²) in [4.78, 5) is 18.9. The van der Waals surface area contributed by atoms with Crippen LogP contribution in [0.25, 0.3) is 0 Å². The zero-order chi connectivity index (χ0) is 11.5. The van der Waals surface area contributed by atoms with E-state index in [1.54, 1.807) is 0 Å². The summed E-state index contributed by atoms with van der Waals surface area (Å²) in [7, 11) is 0. The van der Waals surface area contributed by atoms with Crippen molar-refractivity contribution in [3.05, 3.63) is 24.2 Å². The van der Waals surface area contributed by atoms with Gasteiger partial charge in [0.25, 0.3) is 0 Å².